The number of nitrogens with zero attached hydrogens (tertiary/aromatic N) is 1. The first-order valence-corrected chi connectivity index (χ1v) is 8.37. The molecule has 3 rings (SSSR count). The van der Waals surface area contributed by atoms with E-state index in [0.29, 0.717) is 5.91 Å². The zero-order valence-corrected chi connectivity index (χ0v) is 13.0. The number of rotatable bonds is 2. The minimum absolute atomic E-state index is 0.0296. The van der Waals surface area contributed by atoms with Crippen LogP contribution in [0.25, 0.3) is 0 Å². The highest BCUT2D eigenvalue weighted by Gasteiger charge is 2.29. The fraction of sp³-hybridized carbons (Fsp3) is 0.611. The lowest BCUT2D eigenvalue weighted by Crippen LogP contribution is -2.49. The van der Waals surface area contributed by atoms with Gasteiger partial charge in [0.15, 0.2) is 0 Å². The fourth-order valence-electron chi connectivity index (χ4n) is 3.64. The van der Waals surface area contributed by atoms with E-state index in [2.05, 4.69) is 41.4 Å². The summed E-state index contributed by atoms with van der Waals surface area (Å²) in [5.74, 6) is 1.11. The first-order chi connectivity index (χ1) is 10.3. The van der Waals surface area contributed by atoms with E-state index in [9.17, 15) is 4.79 Å². The Kier molecular flexibility index (Phi) is 4.59. The summed E-state index contributed by atoms with van der Waals surface area (Å²) in [4.78, 5) is 14.9. The lowest BCUT2D eigenvalue weighted by atomic mass is 9.95. The molecular weight excluding hydrogens is 260 g/mol. The number of hydrogen-bond donors (Lipinski definition) is 1. The Balaban J connectivity index is 1.64. The highest BCUT2D eigenvalue weighted by Crippen LogP contribution is 2.22. The zero-order valence-electron chi connectivity index (χ0n) is 13.0. The van der Waals surface area contributed by atoms with E-state index in [0.717, 1.165) is 38.4 Å². The van der Waals surface area contributed by atoms with Crippen LogP contribution in [0.4, 0.5) is 0 Å². The minimum atomic E-state index is -0.0296. The molecule has 0 saturated carbocycles. The molecule has 21 heavy (non-hydrogen) atoms. The lowest BCUT2D eigenvalue weighted by Gasteiger charge is -2.30. The fourth-order valence-corrected chi connectivity index (χ4v) is 3.64. The molecule has 1 fully saturated rings. The van der Waals surface area contributed by atoms with Gasteiger partial charge in [0.1, 0.15) is 0 Å². The highest BCUT2D eigenvalue weighted by molar-refractivity contribution is 5.82. The largest absolute Gasteiger partial charge is 0.341 e. The molecule has 0 aromatic heterocycles. The summed E-state index contributed by atoms with van der Waals surface area (Å²) in [5.41, 5.74) is 2.67. The number of amides is 1. The SMILES string of the molecule is CCC1CCCN(C(=O)[C@H]2Cc3ccccc3CN2)CC1. The molecule has 2 aliphatic heterocycles. The molecule has 1 amide bonds. The van der Waals surface area contributed by atoms with Gasteiger partial charge >= 0.3 is 0 Å². The van der Waals surface area contributed by atoms with Crippen LogP contribution in [0.5, 0.6) is 0 Å². The second-order valence-corrected chi connectivity index (χ2v) is 6.44. The first kappa shape index (κ1) is 14.6. The number of carbonyl (C=O) groups is 1. The average molecular weight is 286 g/mol. The molecule has 2 atom stereocenters. The predicted octanol–water partition coefficient (Wildman–Crippen LogP) is 2.74. The van der Waals surface area contributed by atoms with Crippen LogP contribution in [0.1, 0.15) is 43.7 Å². The maximum absolute atomic E-state index is 12.8. The molecular formula is C18H26N2O. The summed E-state index contributed by atoms with van der Waals surface area (Å²) >= 11 is 0. The van der Waals surface area contributed by atoms with Gasteiger partial charge in [0.05, 0.1) is 6.04 Å². The van der Waals surface area contributed by atoms with Crippen molar-refractivity contribution < 1.29 is 4.79 Å². The summed E-state index contributed by atoms with van der Waals surface area (Å²) in [7, 11) is 0. The van der Waals surface area contributed by atoms with Crippen LogP contribution >= 0.6 is 0 Å². The summed E-state index contributed by atoms with van der Waals surface area (Å²) in [6.07, 6.45) is 5.69. The standard InChI is InChI=1S/C18H26N2O/c1-2-14-6-5-10-20(11-9-14)18(21)17-12-15-7-3-4-8-16(15)13-19-17/h3-4,7-8,14,17,19H,2,5-6,9-13H2,1H3/t14?,17-/m1/s1. The summed E-state index contributed by atoms with van der Waals surface area (Å²) < 4.78 is 0. The van der Waals surface area contributed by atoms with Crippen molar-refractivity contribution in [2.24, 2.45) is 5.92 Å². The van der Waals surface area contributed by atoms with Gasteiger partial charge in [0.2, 0.25) is 5.91 Å². The third kappa shape index (κ3) is 3.29. The van der Waals surface area contributed by atoms with Gasteiger partial charge in [-0.2, -0.15) is 0 Å². The number of fused-ring (bicyclic) bond motifs is 1. The van der Waals surface area contributed by atoms with Gasteiger partial charge in [-0.3, -0.25) is 4.79 Å². The van der Waals surface area contributed by atoms with Crippen molar-refractivity contribution in [2.75, 3.05) is 13.1 Å². The number of nitrogens with one attached hydrogen (secondary N) is 1. The van der Waals surface area contributed by atoms with Crippen molar-refractivity contribution in [1.82, 2.24) is 10.2 Å². The van der Waals surface area contributed by atoms with Crippen LogP contribution in [0.2, 0.25) is 0 Å². The monoisotopic (exact) mass is 286 g/mol. The lowest BCUT2D eigenvalue weighted by molar-refractivity contribution is -0.133. The van der Waals surface area contributed by atoms with Crippen LogP contribution < -0.4 is 5.32 Å². The minimum Gasteiger partial charge on any atom is -0.341 e. The zero-order chi connectivity index (χ0) is 14.7. The van der Waals surface area contributed by atoms with E-state index in [-0.39, 0.29) is 6.04 Å². The van der Waals surface area contributed by atoms with E-state index in [4.69, 9.17) is 0 Å². The number of carbonyl (C=O) groups excluding carboxylic acids is 1. The van der Waals surface area contributed by atoms with Crippen LogP contribution in [-0.2, 0) is 17.8 Å². The summed E-state index contributed by atoms with van der Waals surface area (Å²) in [6, 6.07) is 8.43. The van der Waals surface area contributed by atoms with Gasteiger partial charge in [0, 0.05) is 19.6 Å². The molecule has 3 nitrogen and oxygen atoms in total. The molecule has 0 bridgehead atoms. The maximum Gasteiger partial charge on any atom is 0.240 e. The molecule has 0 radical (unpaired) electrons. The Bertz CT molecular complexity index is 500. The van der Waals surface area contributed by atoms with E-state index >= 15 is 0 Å². The second kappa shape index (κ2) is 6.61. The molecule has 2 aliphatic rings. The van der Waals surface area contributed by atoms with Gasteiger partial charge in [-0.15, -0.1) is 0 Å². The van der Waals surface area contributed by atoms with Crippen molar-refractivity contribution in [3.63, 3.8) is 0 Å². The Labute approximate surface area is 127 Å². The Morgan fingerprint density at radius 1 is 1.24 bits per heavy atom. The van der Waals surface area contributed by atoms with Crippen LogP contribution in [0, 0.1) is 5.92 Å². The van der Waals surface area contributed by atoms with Crippen molar-refractivity contribution in [2.45, 2.75) is 51.6 Å². The number of likely N-dealkylation sites (tertiary alicyclic amines) is 1. The Hall–Kier alpha value is -1.35. The Morgan fingerprint density at radius 2 is 2.05 bits per heavy atom. The van der Waals surface area contributed by atoms with Gasteiger partial charge in [-0.25, -0.2) is 0 Å². The van der Waals surface area contributed by atoms with E-state index in [1.54, 1.807) is 0 Å². The predicted molar refractivity (Wildman–Crippen MR) is 85.0 cm³/mol. The molecule has 2 heterocycles. The van der Waals surface area contributed by atoms with Crippen LogP contribution in [0.15, 0.2) is 24.3 Å². The molecule has 0 aliphatic carbocycles. The normalized spacial score (nSPS) is 26.0. The molecule has 1 saturated heterocycles. The molecule has 1 aromatic carbocycles. The quantitative estimate of drug-likeness (QED) is 0.906. The number of benzene rings is 1. The van der Waals surface area contributed by atoms with Crippen molar-refractivity contribution in [1.29, 1.82) is 0 Å². The molecule has 0 spiro atoms. The average Bonchev–Trinajstić information content (AvgIpc) is 2.79. The first-order valence-electron chi connectivity index (χ1n) is 8.37. The smallest absolute Gasteiger partial charge is 0.240 e. The number of hydrogen-bond acceptors (Lipinski definition) is 2. The molecule has 1 aromatic rings. The van der Waals surface area contributed by atoms with Gasteiger partial charge in [-0.1, -0.05) is 37.6 Å². The van der Waals surface area contributed by atoms with E-state index < -0.39 is 0 Å². The molecule has 1 N–H and O–H groups in total. The van der Waals surface area contributed by atoms with Crippen LogP contribution in [-0.4, -0.2) is 29.9 Å². The van der Waals surface area contributed by atoms with Gasteiger partial charge < -0.3 is 10.2 Å². The second-order valence-electron chi connectivity index (χ2n) is 6.44. The van der Waals surface area contributed by atoms with Crippen molar-refractivity contribution >= 4 is 5.91 Å². The van der Waals surface area contributed by atoms with E-state index in [1.165, 1.54) is 30.4 Å². The van der Waals surface area contributed by atoms with E-state index in [1.807, 2.05) is 0 Å². The topological polar surface area (TPSA) is 32.3 Å². The van der Waals surface area contributed by atoms with Gasteiger partial charge in [-0.05, 0) is 42.7 Å². The summed E-state index contributed by atoms with van der Waals surface area (Å²) in [6.45, 7) is 4.96. The van der Waals surface area contributed by atoms with Crippen molar-refractivity contribution in [3.8, 4) is 0 Å². The third-order valence-electron chi connectivity index (χ3n) is 5.12. The molecule has 114 valence electrons. The van der Waals surface area contributed by atoms with Crippen molar-refractivity contribution in [3.05, 3.63) is 35.4 Å². The molecule has 1 unspecified atom stereocenters. The highest BCUT2D eigenvalue weighted by atomic mass is 16.2. The van der Waals surface area contributed by atoms with Gasteiger partial charge in [0.25, 0.3) is 0 Å². The molecule has 3 heteroatoms. The third-order valence-corrected chi connectivity index (χ3v) is 5.12. The maximum atomic E-state index is 12.8. The van der Waals surface area contributed by atoms with Crippen LogP contribution in [0.3, 0.4) is 0 Å². The Morgan fingerprint density at radius 3 is 2.86 bits per heavy atom. The summed E-state index contributed by atoms with van der Waals surface area (Å²) in [5, 5.41) is 3.43.